The van der Waals surface area contributed by atoms with E-state index in [2.05, 4.69) is 5.32 Å². The molecule has 3 amide bonds. The molecule has 0 aliphatic carbocycles. The highest BCUT2D eigenvalue weighted by atomic mass is 19.3. The normalized spacial score (nSPS) is 16.3. The summed E-state index contributed by atoms with van der Waals surface area (Å²) in [6.45, 7) is 0.964. The number of amides is 3. The van der Waals surface area contributed by atoms with E-state index in [4.69, 9.17) is 0 Å². The van der Waals surface area contributed by atoms with E-state index in [0.29, 0.717) is 4.90 Å². The molecule has 1 aliphatic heterocycles. The minimum Gasteiger partial charge on any atom is -0.348 e. The molecule has 3 aromatic carbocycles. The van der Waals surface area contributed by atoms with Crippen LogP contribution in [0.15, 0.2) is 66.7 Å². The number of halogens is 2. The van der Waals surface area contributed by atoms with Crippen molar-refractivity contribution in [2.24, 2.45) is 0 Å². The van der Waals surface area contributed by atoms with E-state index < -0.39 is 41.8 Å². The molecule has 1 unspecified atom stereocenters. The van der Waals surface area contributed by atoms with Crippen molar-refractivity contribution in [1.82, 2.24) is 10.2 Å². The lowest BCUT2D eigenvalue weighted by Crippen LogP contribution is -2.53. The zero-order valence-electron chi connectivity index (χ0n) is 16.1. The molecule has 1 heterocycles. The maximum atomic E-state index is 14.5. The van der Waals surface area contributed by atoms with E-state index in [-0.39, 0.29) is 5.56 Å². The van der Waals surface area contributed by atoms with Gasteiger partial charge in [-0.05, 0) is 35.4 Å². The van der Waals surface area contributed by atoms with Gasteiger partial charge < -0.3 is 5.32 Å². The van der Waals surface area contributed by atoms with Gasteiger partial charge in [0.05, 0.1) is 6.04 Å². The van der Waals surface area contributed by atoms with Crippen LogP contribution in [0.4, 0.5) is 8.78 Å². The number of hydrogen-bond acceptors (Lipinski definition) is 3. The Hall–Kier alpha value is -3.61. The Morgan fingerprint density at radius 3 is 2.43 bits per heavy atom. The molecule has 4 rings (SSSR count). The molecule has 0 bridgehead atoms. The molecule has 152 valence electrons. The fourth-order valence-electron chi connectivity index (χ4n) is 3.60. The highest BCUT2D eigenvalue weighted by Crippen LogP contribution is 2.37. The van der Waals surface area contributed by atoms with Crippen LogP contribution in [0.3, 0.4) is 0 Å². The topological polar surface area (TPSA) is 66.5 Å². The van der Waals surface area contributed by atoms with Crippen LogP contribution in [0.25, 0.3) is 10.8 Å². The number of benzene rings is 3. The van der Waals surface area contributed by atoms with Crippen LogP contribution in [0.2, 0.25) is 0 Å². The lowest BCUT2D eigenvalue weighted by Gasteiger charge is -2.31. The van der Waals surface area contributed by atoms with Gasteiger partial charge in [-0.25, -0.2) is 0 Å². The molecule has 0 radical (unpaired) electrons. The standard InChI is InChI=1S/C23H18F2N2O3/c1-14(16-11-10-15-6-2-3-7-17(15)12-16)26-20(28)13-27-21(29)18-8-4-5-9-19(18)23(24,25)22(27)30/h2-12,14H,13H2,1H3,(H,26,28). The zero-order valence-corrected chi connectivity index (χ0v) is 16.1. The van der Waals surface area contributed by atoms with E-state index in [1.54, 1.807) is 6.92 Å². The number of hydrogen-bond donors (Lipinski definition) is 1. The number of nitrogens with one attached hydrogen (secondary N) is 1. The number of nitrogens with zero attached hydrogens (tertiary/aromatic N) is 1. The fourth-order valence-corrected chi connectivity index (χ4v) is 3.60. The predicted octanol–water partition coefficient (Wildman–Crippen LogP) is 3.79. The summed E-state index contributed by atoms with van der Waals surface area (Å²) in [7, 11) is 0. The summed E-state index contributed by atoms with van der Waals surface area (Å²) < 4.78 is 28.9. The van der Waals surface area contributed by atoms with Crippen molar-refractivity contribution in [2.45, 2.75) is 18.9 Å². The highest BCUT2D eigenvalue weighted by Gasteiger charge is 2.52. The van der Waals surface area contributed by atoms with Gasteiger partial charge in [0.1, 0.15) is 6.54 Å². The van der Waals surface area contributed by atoms with E-state index in [9.17, 15) is 23.2 Å². The molecular formula is C23H18F2N2O3. The van der Waals surface area contributed by atoms with Crippen molar-refractivity contribution >= 4 is 28.5 Å². The monoisotopic (exact) mass is 408 g/mol. The Morgan fingerprint density at radius 1 is 1.00 bits per heavy atom. The van der Waals surface area contributed by atoms with Crippen LogP contribution in [0, 0.1) is 0 Å². The van der Waals surface area contributed by atoms with E-state index >= 15 is 0 Å². The largest absolute Gasteiger partial charge is 0.351 e. The first-order chi connectivity index (χ1) is 14.3. The lowest BCUT2D eigenvalue weighted by molar-refractivity contribution is -0.158. The van der Waals surface area contributed by atoms with E-state index in [0.717, 1.165) is 22.4 Å². The van der Waals surface area contributed by atoms with Gasteiger partial charge in [-0.15, -0.1) is 0 Å². The molecule has 0 fully saturated rings. The van der Waals surface area contributed by atoms with E-state index in [1.165, 1.54) is 18.2 Å². The van der Waals surface area contributed by atoms with Crippen LogP contribution in [-0.4, -0.2) is 29.2 Å². The van der Waals surface area contributed by atoms with Crippen molar-refractivity contribution < 1.29 is 23.2 Å². The average Bonchev–Trinajstić information content (AvgIpc) is 2.75. The number of imide groups is 1. The molecule has 30 heavy (non-hydrogen) atoms. The molecular weight excluding hydrogens is 390 g/mol. The minimum absolute atomic E-state index is 0.280. The molecule has 3 aromatic rings. The smallest absolute Gasteiger partial charge is 0.348 e. The van der Waals surface area contributed by atoms with Crippen LogP contribution >= 0.6 is 0 Å². The Morgan fingerprint density at radius 2 is 1.67 bits per heavy atom. The van der Waals surface area contributed by atoms with Crippen molar-refractivity contribution in [3.63, 3.8) is 0 Å². The van der Waals surface area contributed by atoms with Crippen molar-refractivity contribution in [2.75, 3.05) is 6.54 Å². The number of fused-ring (bicyclic) bond motifs is 2. The summed E-state index contributed by atoms with van der Waals surface area (Å²) >= 11 is 0. The van der Waals surface area contributed by atoms with Gasteiger partial charge in [-0.1, -0.05) is 54.6 Å². The average molecular weight is 408 g/mol. The molecule has 7 heteroatoms. The molecule has 0 saturated carbocycles. The zero-order chi connectivity index (χ0) is 21.5. The third-order valence-corrected chi connectivity index (χ3v) is 5.21. The van der Waals surface area contributed by atoms with Gasteiger partial charge in [0, 0.05) is 11.1 Å². The Labute approximate surface area is 171 Å². The summed E-state index contributed by atoms with van der Waals surface area (Å²) in [4.78, 5) is 37.6. The third kappa shape index (κ3) is 3.32. The van der Waals surface area contributed by atoms with Crippen molar-refractivity contribution in [3.05, 3.63) is 83.4 Å². The van der Waals surface area contributed by atoms with Crippen LogP contribution in [0.1, 0.15) is 34.5 Å². The molecule has 0 aromatic heterocycles. The summed E-state index contributed by atoms with van der Waals surface area (Å²) in [6, 6.07) is 18.0. The Bertz CT molecular complexity index is 1180. The second-order valence-corrected chi connectivity index (χ2v) is 7.21. The maximum Gasteiger partial charge on any atom is 0.351 e. The van der Waals surface area contributed by atoms with Gasteiger partial charge in [-0.3, -0.25) is 19.3 Å². The summed E-state index contributed by atoms with van der Waals surface area (Å²) in [6.07, 6.45) is 0. The Balaban J connectivity index is 1.52. The summed E-state index contributed by atoms with van der Waals surface area (Å²) in [5.41, 5.74) is -0.104. The SMILES string of the molecule is CC(NC(=O)CN1C(=O)c2ccccc2C(F)(F)C1=O)c1ccc2ccccc2c1. The van der Waals surface area contributed by atoms with Crippen molar-refractivity contribution in [1.29, 1.82) is 0 Å². The highest BCUT2D eigenvalue weighted by molar-refractivity contribution is 6.13. The summed E-state index contributed by atoms with van der Waals surface area (Å²) in [5.74, 6) is -7.17. The molecule has 1 atom stereocenters. The van der Waals surface area contributed by atoms with Gasteiger partial charge >= 0.3 is 11.8 Å². The molecule has 0 saturated heterocycles. The first kappa shape index (κ1) is 19.7. The maximum absolute atomic E-state index is 14.5. The molecule has 5 nitrogen and oxygen atoms in total. The fraction of sp³-hybridized carbons (Fsp3) is 0.174. The number of rotatable bonds is 4. The second-order valence-electron chi connectivity index (χ2n) is 7.21. The molecule has 1 N–H and O–H groups in total. The Kier molecular flexibility index (Phi) is 4.81. The quantitative estimate of drug-likeness (QED) is 0.668. The predicted molar refractivity (Wildman–Crippen MR) is 107 cm³/mol. The third-order valence-electron chi connectivity index (χ3n) is 5.21. The summed E-state index contributed by atoms with van der Waals surface area (Å²) in [5, 5.41) is 4.71. The van der Waals surface area contributed by atoms with Crippen LogP contribution < -0.4 is 5.32 Å². The lowest BCUT2D eigenvalue weighted by atomic mass is 9.95. The van der Waals surface area contributed by atoms with Gasteiger partial charge in [0.15, 0.2) is 0 Å². The first-order valence-electron chi connectivity index (χ1n) is 9.40. The van der Waals surface area contributed by atoms with Crippen LogP contribution in [-0.2, 0) is 15.5 Å². The van der Waals surface area contributed by atoms with Crippen molar-refractivity contribution in [3.8, 4) is 0 Å². The number of carbonyl (C=O) groups is 3. The van der Waals surface area contributed by atoms with Gasteiger partial charge in [0.2, 0.25) is 5.91 Å². The van der Waals surface area contributed by atoms with Gasteiger partial charge in [-0.2, -0.15) is 8.78 Å². The molecule has 1 aliphatic rings. The molecule has 0 spiro atoms. The second kappa shape index (κ2) is 7.33. The van der Waals surface area contributed by atoms with Gasteiger partial charge in [0.25, 0.3) is 5.91 Å². The number of alkyl halides is 2. The minimum atomic E-state index is -3.87. The number of carbonyl (C=O) groups excluding carboxylic acids is 3. The van der Waals surface area contributed by atoms with E-state index in [1.807, 2.05) is 42.5 Å². The van der Waals surface area contributed by atoms with Crippen LogP contribution in [0.5, 0.6) is 0 Å². The first-order valence-corrected chi connectivity index (χ1v) is 9.40.